The minimum atomic E-state index is 0.216. The summed E-state index contributed by atoms with van der Waals surface area (Å²) in [6.45, 7) is 5.93. The van der Waals surface area contributed by atoms with Crippen LogP contribution >= 0.6 is 0 Å². The number of pyridine rings is 1. The highest BCUT2D eigenvalue weighted by Gasteiger charge is 2.10. The molecule has 4 heteroatoms. The Labute approximate surface area is 165 Å². The topological polar surface area (TPSA) is 48.4 Å². The maximum atomic E-state index is 9.16. The van der Waals surface area contributed by atoms with Crippen LogP contribution in [0.25, 0.3) is 32.6 Å². The fourth-order valence-electron chi connectivity index (χ4n) is 3.85. The van der Waals surface area contributed by atoms with Crippen molar-refractivity contribution in [3.63, 3.8) is 0 Å². The van der Waals surface area contributed by atoms with Gasteiger partial charge in [-0.15, -0.1) is 0 Å². The maximum Gasteiger partial charge on any atom is 0.0736 e. The summed E-state index contributed by atoms with van der Waals surface area (Å²) in [6, 6.07) is 21.2. The number of aromatic nitrogens is 1. The average molecular weight is 374 g/mol. The first-order valence-electron chi connectivity index (χ1n) is 10.1. The lowest BCUT2D eigenvalue weighted by Crippen LogP contribution is -2.28. The largest absolute Gasteiger partial charge is 0.395 e. The zero-order valence-corrected chi connectivity index (χ0v) is 16.4. The number of hydrogen-bond donors (Lipinski definition) is 2. The van der Waals surface area contributed by atoms with E-state index in [0.717, 1.165) is 54.7 Å². The predicted molar refractivity (Wildman–Crippen MR) is 119 cm³/mol. The fraction of sp³-hybridized carbons (Fsp3) is 0.292. The van der Waals surface area contributed by atoms with Gasteiger partial charge in [0.2, 0.25) is 0 Å². The Balaban J connectivity index is 1.68. The van der Waals surface area contributed by atoms with E-state index in [-0.39, 0.29) is 6.61 Å². The number of benzene rings is 3. The van der Waals surface area contributed by atoms with Gasteiger partial charge < -0.3 is 15.3 Å². The number of anilines is 1. The zero-order valence-electron chi connectivity index (χ0n) is 16.4. The molecule has 0 aliphatic carbocycles. The predicted octanol–water partition coefficient (Wildman–Crippen LogP) is 4.66. The van der Waals surface area contributed by atoms with Gasteiger partial charge in [-0.3, -0.25) is 0 Å². The lowest BCUT2D eigenvalue weighted by atomic mass is 10.0. The molecule has 1 aromatic heterocycles. The van der Waals surface area contributed by atoms with Gasteiger partial charge in [-0.25, -0.2) is 4.98 Å². The highest BCUT2D eigenvalue weighted by atomic mass is 16.3. The van der Waals surface area contributed by atoms with E-state index in [9.17, 15) is 0 Å². The zero-order chi connectivity index (χ0) is 19.3. The van der Waals surface area contributed by atoms with Crippen molar-refractivity contribution in [1.82, 2.24) is 9.88 Å². The normalized spacial score (nSPS) is 11.7. The van der Waals surface area contributed by atoms with Crippen LogP contribution in [0.2, 0.25) is 0 Å². The number of para-hydroxylation sites is 1. The molecule has 4 aromatic rings. The van der Waals surface area contributed by atoms with E-state index in [1.54, 1.807) is 0 Å². The molecule has 144 valence electrons. The van der Waals surface area contributed by atoms with Crippen molar-refractivity contribution in [2.45, 2.75) is 13.3 Å². The second-order valence-corrected chi connectivity index (χ2v) is 7.16. The number of fused-ring (bicyclic) bond motifs is 3. The van der Waals surface area contributed by atoms with Crippen LogP contribution in [0, 0.1) is 0 Å². The Bertz CT molecular complexity index is 1090. The number of hydrogen-bond acceptors (Lipinski definition) is 4. The van der Waals surface area contributed by atoms with Crippen LogP contribution in [0.15, 0.2) is 60.7 Å². The lowest BCUT2D eigenvalue weighted by molar-refractivity contribution is 0.202. The standard InChI is InChI=1S/C24H27N3O/c1-2-27(14-15-28)13-7-12-25-24-20-10-5-6-11-22(20)26-23-17-19-9-4-3-8-18(19)16-21(23)24/h3-6,8-11,16-17,28H,2,7,12-15H2,1H3,(H,25,26). The van der Waals surface area contributed by atoms with E-state index in [1.807, 2.05) is 6.07 Å². The molecule has 0 aliphatic rings. The third-order valence-corrected chi connectivity index (χ3v) is 5.36. The molecule has 0 unspecified atom stereocenters. The molecule has 0 bridgehead atoms. The highest BCUT2D eigenvalue weighted by Crippen LogP contribution is 2.33. The van der Waals surface area contributed by atoms with Gasteiger partial charge in [0, 0.05) is 23.9 Å². The summed E-state index contributed by atoms with van der Waals surface area (Å²) in [5.41, 5.74) is 3.20. The third-order valence-electron chi connectivity index (χ3n) is 5.36. The molecule has 0 fully saturated rings. The van der Waals surface area contributed by atoms with Crippen LogP contribution < -0.4 is 5.32 Å². The number of nitrogens with one attached hydrogen (secondary N) is 1. The maximum absolute atomic E-state index is 9.16. The average Bonchev–Trinajstić information content (AvgIpc) is 2.73. The summed E-state index contributed by atoms with van der Waals surface area (Å²) >= 11 is 0. The van der Waals surface area contributed by atoms with Gasteiger partial charge in [0.05, 0.1) is 23.3 Å². The van der Waals surface area contributed by atoms with E-state index < -0.39 is 0 Å². The minimum Gasteiger partial charge on any atom is -0.395 e. The molecular weight excluding hydrogens is 346 g/mol. The quantitative estimate of drug-likeness (QED) is 0.348. The molecule has 0 saturated carbocycles. The van der Waals surface area contributed by atoms with Crippen LogP contribution in [-0.2, 0) is 0 Å². The Kier molecular flexibility index (Phi) is 5.70. The number of nitrogens with zero attached hydrogens (tertiary/aromatic N) is 2. The first-order valence-corrected chi connectivity index (χ1v) is 10.1. The van der Waals surface area contributed by atoms with E-state index in [1.165, 1.54) is 16.2 Å². The van der Waals surface area contributed by atoms with Gasteiger partial charge in [-0.05, 0) is 48.5 Å². The smallest absolute Gasteiger partial charge is 0.0736 e. The van der Waals surface area contributed by atoms with Crippen LogP contribution in [0.5, 0.6) is 0 Å². The number of rotatable bonds is 8. The minimum absolute atomic E-state index is 0.216. The molecule has 0 amide bonds. The van der Waals surface area contributed by atoms with Gasteiger partial charge in [-0.2, -0.15) is 0 Å². The van der Waals surface area contributed by atoms with E-state index in [2.05, 4.69) is 71.7 Å². The second kappa shape index (κ2) is 8.55. The van der Waals surface area contributed by atoms with Crippen molar-refractivity contribution in [3.05, 3.63) is 60.7 Å². The molecule has 4 nitrogen and oxygen atoms in total. The van der Waals surface area contributed by atoms with Crippen molar-refractivity contribution in [2.75, 3.05) is 38.1 Å². The van der Waals surface area contributed by atoms with Gasteiger partial charge in [0.25, 0.3) is 0 Å². The Morgan fingerprint density at radius 2 is 1.64 bits per heavy atom. The summed E-state index contributed by atoms with van der Waals surface area (Å²) in [6.07, 6.45) is 1.03. The molecule has 3 aromatic carbocycles. The van der Waals surface area contributed by atoms with E-state index in [0.29, 0.717) is 0 Å². The first kappa shape index (κ1) is 18.7. The van der Waals surface area contributed by atoms with Crippen molar-refractivity contribution in [3.8, 4) is 0 Å². The van der Waals surface area contributed by atoms with E-state index in [4.69, 9.17) is 10.1 Å². The SMILES string of the molecule is CCN(CCO)CCCNc1c2ccccc2nc2cc3ccccc3cc12. The van der Waals surface area contributed by atoms with Gasteiger partial charge in [0.1, 0.15) is 0 Å². The number of aliphatic hydroxyl groups is 1. The Morgan fingerprint density at radius 3 is 2.43 bits per heavy atom. The lowest BCUT2D eigenvalue weighted by Gasteiger charge is -2.19. The van der Waals surface area contributed by atoms with Gasteiger partial charge in [-0.1, -0.05) is 49.4 Å². The molecular formula is C24H27N3O. The van der Waals surface area contributed by atoms with Crippen LogP contribution in [0.3, 0.4) is 0 Å². The van der Waals surface area contributed by atoms with Crippen molar-refractivity contribution < 1.29 is 5.11 Å². The van der Waals surface area contributed by atoms with Crippen molar-refractivity contribution in [1.29, 1.82) is 0 Å². The van der Waals surface area contributed by atoms with Crippen molar-refractivity contribution >= 4 is 38.3 Å². The summed E-state index contributed by atoms with van der Waals surface area (Å²) in [5.74, 6) is 0. The van der Waals surface area contributed by atoms with Crippen LogP contribution in [-0.4, -0.2) is 47.8 Å². The third kappa shape index (κ3) is 3.79. The molecule has 0 aliphatic heterocycles. The van der Waals surface area contributed by atoms with Crippen LogP contribution in [0.1, 0.15) is 13.3 Å². The number of likely N-dealkylation sites (N-methyl/N-ethyl adjacent to an activating group) is 1. The Hall–Kier alpha value is -2.69. The summed E-state index contributed by atoms with van der Waals surface area (Å²) in [7, 11) is 0. The second-order valence-electron chi connectivity index (χ2n) is 7.16. The van der Waals surface area contributed by atoms with Gasteiger partial charge in [0.15, 0.2) is 0 Å². The number of aliphatic hydroxyl groups excluding tert-OH is 1. The molecule has 0 atom stereocenters. The molecule has 0 radical (unpaired) electrons. The van der Waals surface area contributed by atoms with E-state index >= 15 is 0 Å². The molecule has 28 heavy (non-hydrogen) atoms. The van der Waals surface area contributed by atoms with Crippen molar-refractivity contribution in [2.24, 2.45) is 0 Å². The molecule has 1 heterocycles. The molecule has 2 N–H and O–H groups in total. The van der Waals surface area contributed by atoms with Gasteiger partial charge >= 0.3 is 0 Å². The highest BCUT2D eigenvalue weighted by molar-refractivity contribution is 6.11. The monoisotopic (exact) mass is 373 g/mol. The summed E-state index contributed by atoms with van der Waals surface area (Å²) in [5, 5.41) is 17.6. The first-order chi connectivity index (χ1) is 13.8. The molecule has 0 saturated heterocycles. The molecule has 4 rings (SSSR count). The fourth-order valence-corrected chi connectivity index (χ4v) is 3.85. The summed E-state index contributed by atoms with van der Waals surface area (Å²) in [4.78, 5) is 7.18. The Morgan fingerprint density at radius 1 is 0.893 bits per heavy atom. The molecule has 0 spiro atoms. The summed E-state index contributed by atoms with van der Waals surface area (Å²) < 4.78 is 0. The van der Waals surface area contributed by atoms with Crippen LogP contribution in [0.4, 0.5) is 5.69 Å².